The van der Waals surface area contributed by atoms with Crippen LogP contribution in [0, 0.1) is 12.8 Å². The van der Waals surface area contributed by atoms with E-state index in [0.29, 0.717) is 19.0 Å². The minimum Gasteiger partial charge on any atom is -0.355 e. The normalized spacial score (nSPS) is 18.4. The number of sulfone groups is 1. The number of aromatic nitrogens is 2. The quantitative estimate of drug-likeness (QED) is 0.867. The van der Waals surface area contributed by atoms with Gasteiger partial charge in [-0.05, 0) is 19.4 Å². The largest absolute Gasteiger partial charge is 0.355 e. The van der Waals surface area contributed by atoms with Gasteiger partial charge in [0.05, 0.1) is 17.2 Å². The van der Waals surface area contributed by atoms with Gasteiger partial charge in [0.25, 0.3) is 0 Å². The van der Waals surface area contributed by atoms with Crippen LogP contribution in [0.5, 0.6) is 0 Å². The molecule has 1 aliphatic heterocycles. The summed E-state index contributed by atoms with van der Waals surface area (Å²) in [6, 6.07) is 0. The maximum Gasteiger partial charge on any atom is 0.153 e. The van der Waals surface area contributed by atoms with E-state index < -0.39 is 9.84 Å². The number of aryl methyl sites for hydroxylation is 2. The molecule has 0 aliphatic carbocycles. The van der Waals surface area contributed by atoms with E-state index in [1.807, 2.05) is 18.7 Å². The Hall–Kier alpha value is -1.08. The van der Waals surface area contributed by atoms with Crippen molar-refractivity contribution in [3.63, 3.8) is 0 Å². The van der Waals surface area contributed by atoms with Crippen LogP contribution in [0.1, 0.15) is 25.1 Å². The fourth-order valence-corrected chi connectivity index (χ4v) is 3.90. The summed E-state index contributed by atoms with van der Waals surface area (Å²) in [5.74, 6) is 2.12. The zero-order chi connectivity index (χ0) is 15.6. The second-order valence-corrected chi connectivity index (χ2v) is 8.48. The molecule has 0 saturated carbocycles. The maximum atomic E-state index is 11.6. The van der Waals surface area contributed by atoms with Crippen LogP contribution in [0.3, 0.4) is 0 Å². The first kappa shape index (κ1) is 16.3. The van der Waals surface area contributed by atoms with Gasteiger partial charge in [-0.1, -0.05) is 13.8 Å². The minimum atomic E-state index is -2.86. The lowest BCUT2D eigenvalue weighted by molar-refractivity contribution is 0.550. The van der Waals surface area contributed by atoms with E-state index in [2.05, 4.69) is 29.2 Å². The molecule has 0 bridgehead atoms. The predicted molar refractivity (Wildman–Crippen MR) is 85.4 cm³/mol. The first-order valence-corrected chi connectivity index (χ1v) is 9.31. The molecule has 120 valence electrons. The van der Waals surface area contributed by atoms with Crippen LogP contribution in [0.15, 0.2) is 0 Å². The second-order valence-electron chi connectivity index (χ2n) is 6.17. The van der Waals surface area contributed by atoms with Crippen molar-refractivity contribution in [3.05, 3.63) is 11.3 Å². The Morgan fingerprint density at radius 2 is 1.90 bits per heavy atom. The summed E-state index contributed by atoms with van der Waals surface area (Å²) in [5, 5.41) is 7.96. The smallest absolute Gasteiger partial charge is 0.153 e. The van der Waals surface area contributed by atoms with Crippen molar-refractivity contribution in [2.24, 2.45) is 13.0 Å². The highest BCUT2D eigenvalue weighted by molar-refractivity contribution is 7.91. The SMILES string of the molecule is Cc1nn(C)c(N2CCS(=O)(=O)CC2)c1CNCC(C)C. The van der Waals surface area contributed by atoms with E-state index in [4.69, 9.17) is 0 Å². The Morgan fingerprint density at radius 1 is 1.29 bits per heavy atom. The Balaban J connectivity index is 2.15. The fraction of sp³-hybridized carbons (Fsp3) is 0.786. The number of hydrogen-bond donors (Lipinski definition) is 1. The summed E-state index contributed by atoms with van der Waals surface area (Å²) in [6.07, 6.45) is 0. The van der Waals surface area contributed by atoms with Gasteiger partial charge >= 0.3 is 0 Å². The first-order valence-electron chi connectivity index (χ1n) is 7.48. The zero-order valence-corrected chi connectivity index (χ0v) is 14.2. The number of nitrogens with zero attached hydrogens (tertiary/aromatic N) is 3. The lowest BCUT2D eigenvalue weighted by atomic mass is 10.2. The van der Waals surface area contributed by atoms with E-state index in [-0.39, 0.29) is 11.5 Å². The van der Waals surface area contributed by atoms with E-state index in [1.165, 1.54) is 5.56 Å². The minimum absolute atomic E-state index is 0.232. The van der Waals surface area contributed by atoms with E-state index in [0.717, 1.165) is 24.6 Å². The molecule has 21 heavy (non-hydrogen) atoms. The predicted octanol–water partition coefficient (Wildman–Crippen LogP) is 0.709. The molecule has 1 N–H and O–H groups in total. The molecule has 1 aromatic heterocycles. The summed E-state index contributed by atoms with van der Waals surface area (Å²) >= 11 is 0. The van der Waals surface area contributed by atoms with Crippen LogP contribution in [0.2, 0.25) is 0 Å². The Kier molecular flexibility index (Phi) is 4.93. The Labute approximate surface area is 127 Å². The standard InChI is InChI=1S/C14H26N4O2S/c1-11(2)9-15-10-13-12(3)16-17(4)14(13)18-5-7-21(19,20)8-6-18/h11,15H,5-10H2,1-4H3. The molecular formula is C14H26N4O2S. The van der Waals surface area contributed by atoms with Gasteiger partial charge in [-0.15, -0.1) is 0 Å². The van der Waals surface area contributed by atoms with Crippen molar-refractivity contribution in [1.29, 1.82) is 0 Å². The summed E-state index contributed by atoms with van der Waals surface area (Å²) in [4.78, 5) is 2.15. The van der Waals surface area contributed by atoms with Gasteiger partial charge in [0.1, 0.15) is 5.82 Å². The van der Waals surface area contributed by atoms with Gasteiger partial charge in [-0.2, -0.15) is 5.10 Å². The van der Waals surface area contributed by atoms with Crippen molar-refractivity contribution < 1.29 is 8.42 Å². The van der Waals surface area contributed by atoms with Crippen LogP contribution >= 0.6 is 0 Å². The van der Waals surface area contributed by atoms with Crippen molar-refractivity contribution in [1.82, 2.24) is 15.1 Å². The van der Waals surface area contributed by atoms with E-state index in [9.17, 15) is 8.42 Å². The summed E-state index contributed by atoms with van der Waals surface area (Å²) in [5.41, 5.74) is 2.19. The van der Waals surface area contributed by atoms with Crippen LogP contribution in [-0.4, -0.2) is 49.3 Å². The summed E-state index contributed by atoms with van der Waals surface area (Å²) in [6.45, 7) is 9.21. The molecule has 1 aliphatic rings. The molecule has 2 heterocycles. The van der Waals surface area contributed by atoms with Gasteiger partial charge in [0.2, 0.25) is 0 Å². The van der Waals surface area contributed by atoms with Gasteiger partial charge in [0.15, 0.2) is 9.84 Å². The van der Waals surface area contributed by atoms with Crippen molar-refractivity contribution in [2.75, 3.05) is 36.0 Å². The third-order valence-electron chi connectivity index (χ3n) is 3.81. The molecule has 0 unspecified atom stereocenters. The lowest BCUT2D eigenvalue weighted by Gasteiger charge is -2.29. The van der Waals surface area contributed by atoms with E-state index in [1.54, 1.807) is 0 Å². The number of rotatable bonds is 5. The highest BCUT2D eigenvalue weighted by Gasteiger charge is 2.26. The highest BCUT2D eigenvalue weighted by atomic mass is 32.2. The molecule has 6 nitrogen and oxygen atoms in total. The molecule has 0 aromatic carbocycles. The van der Waals surface area contributed by atoms with Gasteiger partial charge in [-0.25, -0.2) is 8.42 Å². The zero-order valence-electron chi connectivity index (χ0n) is 13.4. The fourth-order valence-electron chi connectivity index (χ4n) is 2.70. The van der Waals surface area contributed by atoms with Crippen molar-refractivity contribution >= 4 is 15.7 Å². The maximum absolute atomic E-state index is 11.6. The Bertz CT molecular complexity index is 578. The summed E-state index contributed by atoms with van der Waals surface area (Å²) < 4.78 is 25.1. The monoisotopic (exact) mass is 314 g/mol. The topological polar surface area (TPSA) is 67.2 Å². The molecular weight excluding hydrogens is 288 g/mol. The van der Waals surface area contributed by atoms with Crippen LogP contribution in [0.25, 0.3) is 0 Å². The van der Waals surface area contributed by atoms with Crippen LogP contribution in [-0.2, 0) is 23.4 Å². The number of anilines is 1. The third-order valence-corrected chi connectivity index (χ3v) is 5.42. The van der Waals surface area contributed by atoms with Crippen molar-refractivity contribution in [2.45, 2.75) is 27.3 Å². The number of nitrogens with one attached hydrogen (secondary N) is 1. The molecule has 1 fully saturated rings. The molecule has 0 amide bonds. The molecule has 0 spiro atoms. The summed E-state index contributed by atoms with van der Waals surface area (Å²) in [7, 11) is -0.930. The lowest BCUT2D eigenvalue weighted by Crippen LogP contribution is -2.41. The van der Waals surface area contributed by atoms with Gasteiger partial charge < -0.3 is 10.2 Å². The second kappa shape index (κ2) is 6.36. The molecule has 0 radical (unpaired) electrons. The number of hydrogen-bond acceptors (Lipinski definition) is 5. The van der Waals surface area contributed by atoms with E-state index >= 15 is 0 Å². The van der Waals surface area contributed by atoms with Crippen LogP contribution in [0.4, 0.5) is 5.82 Å². The van der Waals surface area contributed by atoms with Crippen LogP contribution < -0.4 is 10.2 Å². The Morgan fingerprint density at radius 3 is 2.48 bits per heavy atom. The van der Waals surface area contributed by atoms with Gasteiger partial charge in [-0.3, -0.25) is 4.68 Å². The highest BCUT2D eigenvalue weighted by Crippen LogP contribution is 2.24. The third kappa shape index (κ3) is 3.97. The molecule has 1 saturated heterocycles. The molecule has 1 aromatic rings. The molecule has 0 atom stereocenters. The molecule has 7 heteroatoms. The molecule has 2 rings (SSSR count). The average molecular weight is 314 g/mol. The van der Waals surface area contributed by atoms with Crippen molar-refractivity contribution in [3.8, 4) is 0 Å². The first-order chi connectivity index (χ1) is 9.80. The van der Waals surface area contributed by atoms with Gasteiger partial charge in [0, 0.05) is 32.2 Å². The average Bonchev–Trinajstić information content (AvgIpc) is 2.64.